The number of hydrogen-bond donors (Lipinski definition) is 1. The minimum absolute atomic E-state index is 0.146. The maximum Gasteiger partial charge on any atom is 0.573 e. The van der Waals surface area contributed by atoms with Crippen molar-refractivity contribution in [3.05, 3.63) is 41.2 Å². The molecule has 0 aliphatic carbocycles. The van der Waals surface area contributed by atoms with Crippen LogP contribution in [0, 0.1) is 6.92 Å². The topological polar surface area (TPSA) is 80.5 Å². The van der Waals surface area contributed by atoms with Crippen molar-refractivity contribution in [3.8, 4) is 5.75 Å². The van der Waals surface area contributed by atoms with Gasteiger partial charge in [-0.3, -0.25) is 4.79 Å². The lowest BCUT2D eigenvalue weighted by atomic mass is 10.0. The molecule has 2 heterocycles. The second kappa shape index (κ2) is 7.66. The van der Waals surface area contributed by atoms with E-state index in [1.54, 1.807) is 20.8 Å². The predicted octanol–water partition coefficient (Wildman–Crippen LogP) is 3.19. The maximum absolute atomic E-state index is 12.9. The molecule has 10 heteroatoms. The Bertz CT molecular complexity index is 890. The van der Waals surface area contributed by atoms with Crippen LogP contribution in [0.4, 0.5) is 13.2 Å². The van der Waals surface area contributed by atoms with E-state index in [2.05, 4.69) is 14.9 Å². The summed E-state index contributed by atoms with van der Waals surface area (Å²) in [6.07, 6.45) is -3.52. The molecule has 1 unspecified atom stereocenters. The van der Waals surface area contributed by atoms with Crippen molar-refractivity contribution in [2.45, 2.75) is 51.6 Å². The number of aryl methyl sites for hydroxylation is 1. The number of amides is 1. The lowest BCUT2D eigenvalue weighted by molar-refractivity contribution is -0.274. The molecule has 3 rings (SSSR count). The number of ether oxygens (including phenoxy) is 1. The van der Waals surface area contributed by atoms with Crippen molar-refractivity contribution in [1.29, 1.82) is 0 Å². The number of halogens is 3. The van der Waals surface area contributed by atoms with Crippen molar-refractivity contribution in [1.82, 2.24) is 19.9 Å². The third kappa shape index (κ3) is 4.87. The summed E-state index contributed by atoms with van der Waals surface area (Å²) >= 11 is 0. The Balaban J connectivity index is 1.81. The molecule has 1 aliphatic rings. The van der Waals surface area contributed by atoms with Crippen LogP contribution in [-0.2, 0) is 5.60 Å². The van der Waals surface area contributed by atoms with Gasteiger partial charge >= 0.3 is 6.36 Å². The van der Waals surface area contributed by atoms with Crippen LogP contribution in [-0.4, -0.2) is 50.4 Å². The molecule has 1 atom stereocenters. The van der Waals surface area contributed by atoms with Crippen LogP contribution in [0.1, 0.15) is 54.5 Å². The van der Waals surface area contributed by atoms with Crippen LogP contribution in [0.15, 0.2) is 24.3 Å². The molecule has 7 nitrogen and oxygen atoms in total. The zero-order valence-electron chi connectivity index (χ0n) is 16.4. The molecule has 1 saturated heterocycles. The number of benzene rings is 1. The second-order valence-electron chi connectivity index (χ2n) is 7.60. The molecule has 0 radical (unpaired) electrons. The predicted molar refractivity (Wildman–Crippen MR) is 97.3 cm³/mol. The fourth-order valence-electron chi connectivity index (χ4n) is 3.48. The fraction of sp³-hybridized carbons (Fsp3) is 0.526. The summed E-state index contributed by atoms with van der Waals surface area (Å²) in [5.74, 6) is -1.06. The number of piperidine rings is 1. The number of hydrogen-bond acceptors (Lipinski definition) is 5. The number of rotatable bonds is 4. The van der Waals surface area contributed by atoms with E-state index in [0.29, 0.717) is 30.8 Å². The first-order chi connectivity index (χ1) is 13.5. The van der Waals surface area contributed by atoms with Gasteiger partial charge in [0.1, 0.15) is 17.0 Å². The number of aliphatic hydroxyl groups is 1. The molecule has 0 bridgehead atoms. The van der Waals surface area contributed by atoms with Gasteiger partial charge in [0.25, 0.3) is 5.91 Å². The van der Waals surface area contributed by atoms with E-state index < -0.39 is 23.6 Å². The van der Waals surface area contributed by atoms with Gasteiger partial charge in [0, 0.05) is 13.1 Å². The molecule has 158 valence electrons. The fourth-order valence-corrected chi connectivity index (χ4v) is 3.48. The monoisotopic (exact) mass is 412 g/mol. The highest BCUT2D eigenvalue weighted by Gasteiger charge is 2.35. The highest BCUT2D eigenvalue weighted by atomic mass is 19.4. The first-order valence-electron chi connectivity index (χ1n) is 9.26. The van der Waals surface area contributed by atoms with E-state index in [4.69, 9.17) is 0 Å². The van der Waals surface area contributed by atoms with Gasteiger partial charge in [-0.15, -0.1) is 13.2 Å². The van der Waals surface area contributed by atoms with Crippen LogP contribution in [0.3, 0.4) is 0 Å². The summed E-state index contributed by atoms with van der Waals surface area (Å²) in [6, 6.07) is 5.07. The zero-order chi connectivity index (χ0) is 21.4. The lowest BCUT2D eigenvalue weighted by Gasteiger charge is -2.32. The average molecular weight is 412 g/mol. The van der Waals surface area contributed by atoms with E-state index in [1.165, 1.54) is 27.9 Å². The standard InChI is InChI=1S/C19H23F3N4O3/c1-12-16(18(2,3)28)24-26(23-12)13-7-6-10-25(11-13)17(27)14-8-4-5-9-15(14)29-19(20,21)22/h4-5,8-9,13,28H,6-7,10-11H2,1-3H3. The van der Waals surface area contributed by atoms with Crippen LogP contribution in [0.25, 0.3) is 0 Å². The Kier molecular flexibility index (Phi) is 5.57. The SMILES string of the molecule is Cc1nn(C2CCCN(C(=O)c3ccccc3OC(F)(F)F)C2)nc1C(C)(C)O. The van der Waals surface area contributed by atoms with Crippen molar-refractivity contribution < 1.29 is 27.8 Å². The average Bonchev–Trinajstić information content (AvgIpc) is 3.03. The molecule has 1 fully saturated rings. The number of carbonyl (C=O) groups excluding carboxylic acids is 1. The molecule has 1 aromatic carbocycles. The summed E-state index contributed by atoms with van der Waals surface area (Å²) in [5.41, 5.74) is -0.262. The molecule has 2 aromatic rings. The molecule has 1 N–H and O–H groups in total. The number of likely N-dealkylation sites (tertiary alicyclic amines) is 1. The molecule has 1 aromatic heterocycles. The van der Waals surface area contributed by atoms with Gasteiger partial charge in [-0.25, -0.2) is 0 Å². The Morgan fingerprint density at radius 3 is 2.55 bits per heavy atom. The molecule has 29 heavy (non-hydrogen) atoms. The van der Waals surface area contributed by atoms with E-state index in [0.717, 1.165) is 6.07 Å². The van der Waals surface area contributed by atoms with Crippen LogP contribution in [0.2, 0.25) is 0 Å². The zero-order valence-corrected chi connectivity index (χ0v) is 16.4. The minimum atomic E-state index is -4.88. The number of para-hydroxylation sites is 1. The highest BCUT2D eigenvalue weighted by Crippen LogP contribution is 2.30. The summed E-state index contributed by atoms with van der Waals surface area (Å²) in [7, 11) is 0. The Hall–Kier alpha value is -2.62. The van der Waals surface area contributed by atoms with Gasteiger partial charge in [-0.1, -0.05) is 12.1 Å². The van der Waals surface area contributed by atoms with Crippen molar-refractivity contribution >= 4 is 5.91 Å². The Morgan fingerprint density at radius 1 is 1.24 bits per heavy atom. The van der Waals surface area contributed by atoms with Gasteiger partial charge in [0.05, 0.1) is 17.3 Å². The Labute approximate surface area is 166 Å². The highest BCUT2D eigenvalue weighted by molar-refractivity contribution is 5.97. The normalized spacial score (nSPS) is 18.0. The quantitative estimate of drug-likeness (QED) is 0.834. The van der Waals surface area contributed by atoms with Gasteiger partial charge in [-0.2, -0.15) is 15.0 Å². The smallest absolute Gasteiger partial charge is 0.405 e. The molecule has 1 amide bonds. The van der Waals surface area contributed by atoms with Gasteiger partial charge < -0.3 is 14.7 Å². The first-order valence-corrected chi connectivity index (χ1v) is 9.26. The van der Waals surface area contributed by atoms with Crippen molar-refractivity contribution in [2.75, 3.05) is 13.1 Å². The van der Waals surface area contributed by atoms with E-state index in [1.807, 2.05) is 0 Å². The molecule has 0 saturated carbocycles. The molecular weight excluding hydrogens is 389 g/mol. The summed E-state index contributed by atoms with van der Waals surface area (Å²) < 4.78 is 42.0. The largest absolute Gasteiger partial charge is 0.573 e. The van der Waals surface area contributed by atoms with Gasteiger partial charge in [0.15, 0.2) is 0 Å². The Morgan fingerprint density at radius 2 is 1.93 bits per heavy atom. The number of carbonyl (C=O) groups is 1. The van der Waals surface area contributed by atoms with Gasteiger partial charge in [-0.05, 0) is 45.7 Å². The third-order valence-electron chi connectivity index (χ3n) is 4.73. The third-order valence-corrected chi connectivity index (χ3v) is 4.73. The van der Waals surface area contributed by atoms with Crippen molar-refractivity contribution in [3.63, 3.8) is 0 Å². The minimum Gasteiger partial charge on any atom is -0.405 e. The maximum atomic E-state index is 12.9. The van der Waals surface area contributed by atoms with Crippen molar-refractivity contribution in [2.24, 2.45) is 0 Å². The van der Waals surface area contributed by atoms with Crippen LogP contribution >= 0.6 is 0 Å². The van der Waals surface area contributed by atoms with Crippen LogP contribution < -0.4 is 4.74 Å². The first kappa shape index (κ1) is 21.1. The van der Waals surface area contributed by atoms with Crippen LogP contribution in [0.5, 0.6) is 5.75 Å². The number of aromatic nitrogens is 3. The second-order valence-corrected chi connectivity index (χ2v) is 7.60. The molecular formula is C19H23F3N4O3. The molecule has 0 spiro atoms. The van der Waals surface area contributed by atoms with E-state index in [9.17, 15) is 23.1 Å². The number of alkyl halides is 3. The van der Waals surface area contributed by atoms with E-state index in [-0.39, 0.29) is 18.2 Å². The summed E-state index contributed by atoms with van der Waals surface area (Å²) in [5, 5.41) is 19.0. The van der Waals surface area contributed by atoms with E-state index >= 15 is 0 Å². The summed E-state index contributed by atoms with van der Waals surface area (Å²) in [4.78, 5) is 15.9. The summed E-state index contributed by atoms with van der Waals surface area (Å²) in [6.45, 7) is 5.63. The lowest BCUT2D eigenvalue weighted by Crippen LogP contribution is -2.41. The molecule has 1 aliphatic heterocycles. The number of nitrogens with zero attached hydrogens (tertiary/aromatic N) is 4. The van der Waals surface area contributed by atoms with Gasteiger partial charge in [0.2, 0.25) is 0 Å².